The number of ether oxygens (including phenoxy) is 2. The molecule has 1 atom stereocenters. The quantitative estimate of drug-likeness (QED) is 0.290. The molecule has 1 aliphatic heterocycles. The lowest BCUT2D eigenvalue weighted by atomic mass is 10.3. The number of carbonyl (C=O) groups excluding carboxylic acids is 1. The molecular formula is C10H16O3. The molecule has 1 fully saturated rings. The third-order valence-electron chi connectivity index (χ3n) is 1.18. The Balaban J connectivity index is 0.000000396. The maximum atomic E-state index is 10.7. The van der Waals surface area contributed by atoms with E-state index in [4.69, 9.17) is 4.74 Å². The largest absolute Gasteiger partial charge is 0.455 e. The Hall–Kier alpha value is -1.09. The van der Waals surface area contributed by atoms with E-state index < -0.39 is 0 Å². The van der Waals surface area contributed by atoms with Crippen molar-refractivity contribution < 1.29 is 14.3 Å². The van der Waals surface area contributed by atoms with Gasteiger partial charge in [0, 0.05) is 5.57 Å². The first-order valence-electron chi connectivity index (χ1n) is 4.14. The molecule has 13 heavy (non-hydrogen) atoms. The molecule has 0 N–H and O–H groups in total. The number of hydrogen-bond donors (Lipinski definition) is 0. The first kappa shape index (κ1) is 11.9. The molecule has 3 heteroatoms. The van der Waals surface area contributed by atoms with E-state index in [1.807, 2.05) is 0 Å². The van der Waals surface area contributed by atoms with Crippen molar-refractivity contribution in [1.29, 1.82) is 0 Å². The number of hydrogen-bond acceptors (Lipinski definition) is 3. The summed E-state index contributed by atoms with van der Waals surface area (Å²) in [5.74, 6) is -0.368. The summed E-state index contributed by atoms with van der Waals surface area (Å²) in [4.78, 5) is 10.7. The summed E-state index contributed by atoms with van der Waals surface area (Å²) in [7, 11) is 0. The predicted molar refractivity (Wildman–Crippen MR) is 51.4 cm³/mol. The van der Waals surface area contributed by atoms with E-state index in [0.717, 1.165) is 13.2 Å². The van der Waals surface area contributed by atoms with Crippen LogP contribution in [0.2, 0.25) is 0 Å². The van der Waals surface area contributed by atoms with Crippen LogP contribution >= 0.6 is 0 Å². The van der Waals surface area contributed by atoms with Crippen LogP contribution in [0.1, 0.15) is 13.8 Å². The van der Waals surface area contributed by atoms with Crippen LogP contribution in [0.5, 0.6) is 0 Å². The van der Waals surface area contributed by atoms with Crippen LogP contribution in [0, 0.1) is 0 Å². The smallest absolute Gasteiger partial charge is 0.333 e. The molecule has 0 spiro atoms. The van der Waals surface area contributed by atoms with Crippen molar-refractivity contribution in [1.82, 2.24) is 0 Å². The van der Waals surface area contributed by atoms with Gasteiger partial charge in [-0.1, -0.05) is 19.2 Å². The molecule has 0 aliphatic carbocycles. The minimum Gasteiger partial charge on any atom is -0.455 e. The molecule has 3 nitrogen and oxygen atoms in total. The second kappa shape index (κ2) is 6.43. The predicted octanol–water partition coefficient (Wildman–Crippen LogP) is 1.70. The molecule has 74 valence electrons. The third kappa shape index (κ3) is 8.82. The Bertz CT molecular complexity index is 192. The minimum atomic E-state index is -0.368. The zero-order valence-electron chi connectivity index (χ0n) is 8.21. The van der Waals surface area contributed by atoms with Gasteiger partial charge in [-0.05, 0) is 13.8 Å². The van der Waals surface area contributed by atoms with Crippen LogP contribution in [0.15, 0.2) is 24.8 Å². The van der Waals surface area contributed by atoms with Gasteiger partial charge >= 0.3 is 5.97 Å². The van der Waals surface area contributed by atoms with Crippen molar-refractivity contribution in [2.45, 2.75) is 20.0 Å². The standard InChI is InChI=1S/C8H12O2.C2H4O/c1-5-7(4)10-8(9)6(2)3;1-2-3-1/h5,7H,1-2H2,3-4H3;1-2H2. The molecular weight excluding hydrogens is 168 g/mol. The molecule has 0 amide bonds. The monoisotopic (exact) mass is 184 g/mol. The lowest BCUT2D eigenvalue weighted by molar-refractivity contribution is -0.141. The van der Waals surface area contributed by atoms with Gasteiger partial charge in [-0.2, -0.15) is 0 Å². The van der Waals surface area contributed by atoms with Crippen LogP contribution in [-0.2, 0) is 14.3 Å². The van der Waals surface area contributed by atoms with E-state index in [1.165, 1.54) is 0 Å². The molecule has 0 bridgehead atoms. The van der Waals surface area contributed by atoms with Gasteiger partial charge in [-0.25, -0.2) is 4.79 Å². The molecule has 1 saturated heterocycles. The minimum absolute atomic E-state index is 0.232. The molecule has 1 aliphatic rings. The van der Waals surface area contributed by atoms with Crippen LogP contribution in [0.3, 0.4) is 0 Å². The van der Waals surface area contributed by atoms with Crippen LogP contribution in [0.25, 0.3) is 0 Å². The van der Waals surface area contributed by atoms with Crippen molar-refractivity contribution in [3.8, 4) is 0 Å². The number of carbonyl (C=O) groups is 1. The van der Waals surface area contributed by atoms with E-state index in [-0.39, 0.29) is 12.1 Å². The van der Waals surface area contributed by atoms with Crippen molar-refractivity contribution >= 4 is 5.97 Å². The second-order valence-corrected chi connectivity index (χ2v) is 2.74. The zero-order valence-corrected chi connectivity index (χ0v) is 8.21. The average molecular weight is 184 g/mol. The summed E-state index contributed by atoms with van der Waals surface area (Å²) in [6, 6.07) is 0. The van der Waals surface area contributed by atoms with Gasteiger partial charge in [0.25, 0.3) is 0 Å². The normalized spacial score (nSPS) is 14.6. The summed E-state index contributed by atoms with van der Waals surface area (Å²) in [5.41, 5.74) is 0.411. The zero-order chi connectivity index (χ0) is 10.3. The van der Waals surface area contributed by atoms with E-state index in [9.17, 15) is 4.79 Å². The van der Waals surface area contributed by atoms with Crippen LogP contribution < -0.4 is 0 Å². The second-order valence-electron chi connectivity index (χ2n) is 2.74. The highest BCUT2D eigenvalue weighted by Gasteiger charge is 2.05. The summed E-state index contributed by atoms with van der Waals surface area (Å²) in [6.45, 7) is 12.3. The average Bonchev–Trinajstić information content (AvgIpc) is 2.89. The first-order valence-corrected chi connectivity index (χ1v) is 4.14. The highest BCUT2D eigenvalue weighted by molar-refractivity contribution is 5.87. The third-order valence-corrected chi connectivity index (χ3v) is 1.18. The molecule has 0 aromatic rings. The van der Waals surface area contributed by atoms with Gasteiger partial charge in [0.2, 0.25) is 0 Å². The van der Waals surface area contributed by atoms with Crippen molar-refractivity contribution in [3.05, 3.63) is 24.8 Å². The van der Waals surface area contributed by atoms with Crippen LogP contribution in [0.4, 0.5) is 0 Å². The lowest BCUT2D eigenvalue weighted by Gasteiger charge is -2.07. The molecule has 1 heterocycles. The number of rotatable bonds is 3. The summed E-state index contributed by atoms with van der Waals surface area (Å²) >= 11 is 0. The highest BCUT2D eigenvalue weighted by Crippen LogP contribution is 1.97. The Morgan fingerprint density at radius 2 is 2.08 bits per heavy atom. The van der Waals surface area contributed by atoms with E-state index >= 15 is 0 Å². The van der Waals surface area contributed by atoms with Crippen LogP contribution in [-0.4, -0.2) is 25.3 Å². The molecule has 1 rings (SSSR count). The highest BCUT2D eigenvalue weighted by atomic mass is 16.6. The summed E-state index contributed by atoms with van der Waals surface area (Å²) in [6.07, 6.45) is 1.32. The topological polar surface area (TPSA) is 38.8 Å². The van der Waals surface area contributed by atoms with Gasteiger partial charge in [0.15, 0.2) is 0 Å². The van der Waals surface area contributed by atoms with E-state index in [0.29, 0.717) is 5.57 Å². The van der Waals surface area contributed by atoms with E-state index in [1.54, 1.807) is 19.9 Å². The first-order chi connectivity index (χ1) is 6.07. The fourth-order valence-electron chi connectivity index (χ4n) is 0.318. The van der Waals surface area contributed by atoms with E-state index in [2.05, 4.69) is 17.9 Å². The van der Waals surface area contributed by atoms with Gasteiger partial charge in [0.1, 0.15) is 6.10 Å². The van der Waals surface area contributed by atoms with Gasteiger partial charge in [-0.3, -0.25) is 0 Å². The molecule has 0 aromatic carbocycles. The molecule has 0 aromatic heterocycles. The molecule has 0 saturated carbocycles. The van der Waals surface area contributed by atoms with Crippen molar-refractivity contribution in [2.24, 2.45) is 0 Å². The van der Waals surface area contributed by atoms with Crippen molar-refractivity contribution in [2.75, 3.05) is 13.2 Å². The molecule has 1 unspecified atom stereocenters. The number of esters is 1. The fraction of sp³-hybridized carbons (Fsp3) is 0.500. The SMILES string of the molecule is C1CO1.C=CC(C)OC(=O)C(=C)C. The Morgan fingerprint density at radius 1 is 1.62 bits per heavy atom. The lowest BCUT2D eigenvalue weighted by Crippen LogP contribution is -2.12. The van der Waals surface area contributed by atoms with Crippen molar-refractivity contribution in [3.63, 3.8) is 0 Å². The van der Waals surface area contributed by atoms with Gasteiger partial charge in [-0.15, -0.1) is 0 Å². The van der Waals surface area contributed by atoms with Gasteiger partial charge < -0.3 is 9.47 Å². The Kier molecular flexibility index (Phi) is 5.89. The Morgan fingerprint density at radius 3 is 2.31 bits per heavy atom. The Labute approximate surface area is 79.0 Å². The summed E-state index contributed by atoms with van der Waals surface area (Å²) < 4.78 is 9.30. The molecule has 0 radical (unpaired) electrons. The summed E-state index contributed by atoms with van der Waals surface area (Å²) in [5, 5.41) is 0. The fourth-order valence-corrected chi connectivity index (χ4v) is 0.318. The number of epoxide rings is 1. The maximum Gasteiger partial charge on any atom is 0.333 e. The van der Waals surface area contributed by atoms with Gasteiger partial charge in [0.05, 0.1) is 13.2 Å². The maximum absolute atomic E-state index is 10.7.